The Morgan fingerprint density at radius 3 is 2.60 bits per heavy atom. The van der Waals surface area contributed by atoms with Crippen LogP contribution in [-0.2, 0) is 13.3 Å². The maximum absolute atomic E-state index is 12.7. The lowest BCUT2D eigenvalue weighted by molar-refractivity contribution is 0.102. The Balaban J connectivity index is 1.71. The van der Waals surface area contributed by atoms with Crippen molar-refractivity contribution >= 4 is 11.6 Å². The van der Waals surface area contributed by atoms with Gasteiger partial charge in [0, 0.05) is 11.8 Å². The van der Waals surface area contributed by atoms with E-state index in [0.717, 1.165) is 5.56 Å². The van der Waals surface area contributed by atoms with Crippen LogP contribution in [0.25, 0.3) is 0 Å². The molecule has 0 unspecified atom stereocenters. The highest BCUT2D eigenvalue weighted by molar-refractivity contribution is 6.04. The number of aromatic nitrogens is 1. The Kier molecular flexibility index (Phi) is 5.36. The molecule has 2 aromatic carbocycles. The zero-order valence-corrected chi connectivity index (χ0v) is 13.5. The quantitative estimate of drug-likeness (QED) is 0.727. The third-order valence-corrected chi connectivity index (χ3v) is 3.58. The summed E-state index contributed by atoms with van der Waals surface area (Å²) in [6.45, 7) is -0.283. The number of benzene rings is 2. The minimum absolute atomic E-state index is 0.235. The fraction of sp³-hybridized carbons (Fsp3) is 0.100. The summed E-state index contributed by atoms with van der Waals surface area (Å²) in [7, 11) is 0. The number of pyridine rings is 1. The monoisotopic (exact) mass is 336 g/mol. The van der Waals surface area contributed by atoms with E-state index >= 15 is 0 Å². The summed E-state index contributed by atoms with van der Waals surface area (Å²) in [4.78, 5) is 16.5. The van der Waals surface area contributed by atoms with Gasteiger partial charge in [-0.15, -0.1) is 0 Å². The largest absolute Gasteiger partial charge is 0.471 e. The highest BCUT2D eigenvalue weighted by Gasteiger charge is 2.10. The third-order valence-electron chi connectivity index (χ3n) is 3.58. The number of nitrogens with one attached hydrogen (secondary N) is 1. The second-order valence-corrected chi connectivity index (χ2v) is 5.42. The average Bonchev–Trinajstić information content (AvgIpc) is 2.68. The second kappa shape index (κ2) is 8.06. The van der Waals surface area contributed by atoms with E-state index in [4.69, 9.17) is 4.74 Å². The van der Waals surface area contributed by atoms with E-state index in [0.29, 0.717) is 22.7 Å². The topological polar surface area (TPSA) is 51.2 Å². The first-order valence-electron chi connectivity index (χ1n) is 7.84. The number of nitrogens with zero attached hydrogens (tertiary/aromatic N) is 1. The lowest BCUT2D eigenvalue weighted by Gasteiger charge is -2.11. The SMILES string of the molecule is O=C(Nc1cccnc1OCc1cccc(CF)c1)c1ccccc1. The molecular weight excluding hydrogens is 319 g/mol. The molecule has 5 heteroatoms. The molecule has 1 aromatic heterocycles. The van der Waals surface area contributed by atoms with Gasteiger partial charge in [-0.1, -0.05) is 36.4 Å². The highest BCUT2D eigenvalue weighted by atomic mass is 19.1. The Bertz CT molecular complexity index is 853. The Morgan fingerprint density at radius 2 is 1.80 bits per heavy atom. The van der Waals surface area contributed by atoms with Gasteiger partial charge in [0.15, 0.2) is 0 Å². The van der Waals surface area contributed by atoms with Crippen LogP contribution in [0.3, 0.4) is 0 Å². The van der Waals surface area contributed by atoms with Crippen molar-refractivity contribution in [2.24, 2.45) is 0 Å². The van der Waals surface area contributed by atoms with Crippen LogP contribution >= 0.6 is 0 Å². The lowest BCUT2D eigenvalue weighted by Crippen LogP contribution is -2.13. The first kappa shape index (κ1) is 16.6. The summed E-state index contributed by atoms with van der Waals surface area (Å²) < 4.78 is 18.4. The molecule has 126 valence electrons. The van der Waals surface area contributed by atoms with Gasteiger partial charge >= 0.3 is 0 Å². The van der Waals surface area contributed by atoms with E-state index in [-0.39, 0.29) is 12.5 Å². The standard InChI is InChI=1S/C20H17FN2O2/c21-13-15-6-4-7-16(12-15)14-25-20-18(10-5-11-22-20)23-19(24)17-8-2-1-3-9-17/h1-12H,13-14H2,(H,23,24). The smallest absolute Gasteiger partial charge is 0.255 e. The van der Waals surface area contributed by atoms with E-state index in [1.54, 1.807) is 60.8 Å². The molecule has 25 heavy (non-hydrogen) atoms. The van der Waals surface area contributed by atoms with Crippen LogP contribution in [-0.4, -0.2) is 10.9 Å². The van der Waals surface area contributed by atoms with Gasteiger partial charge in [0.1, 0.15) is 19.0 Å². The van der Waals surface area contributed by atoms with Gasteiger partial charge in [0.05, 0.1) is 0 Å². The van der Waals surface area contributed by atoms with E-state index < -0.39 is 6.67 Å². The number of hydrogen-bond donors (Lipinski definition) is 1. The van der Waals surface area contributed by atoms with Crippen molar-refractivity contribution in [1.82, 2.24) is 4.98 Å². The molecule has 4 nitrogen and oxygen atoms in total. The summed E-state index contributed by atoms with van der Waals surface area (Å²) in [5.74, 6) is 0.0790. The van der Waals surface area contributed by atoms with Gasteiger partial charge in [0.2, 0.25) is 5.88 Å². The average molecular weight is 336 g/mol. The van der Waals surface area contributed by atoms with Crippen molar-refractivity contribution in [3.63, 3.8) is 0 Å². The molecule has 3 aromatic rings. The van der Waals surface area contributed by atoms with E-state index in [9.17, 15) is 9.18 Å². The number of rotatable bonds is 6. The van der Waals surface area contributed by atoms with Crippen molar-refractivity contribution in [3.8, 4) is 5.88 Å². The molecule has 1 amide bonds. The van der Waals surface area contributed by atoms with E-state index in [1.807, 2.05) is 12.1 Å². The van der Waals surface area contributed by atoms with Gasteiger partial charge in [0.25, 0.3) is 5.91 Å². The van der Waals surface area contributed by atoms with Gasteiger partial charge in [-0.3, -0.25) is 4.79 Å². The summed E-state index contributed by atoms with van der Waals surface area (Å²) in [5, 5.41) is 2.80. The van der Waals surface area contributed by atoms with Gasteiger partial charge in [-0.25, -0.2) is 9.37 Å². The maximum atomic E-state index is 12.7. The van der Waals surface area contributed by atoms with Crippen LogP contribution in [0.5, 0.6) is 5.88 Å². The molecule has 0 saturated heterocycles. The molecule has 0 aliphatic carbocycles. The molecule has 1 heterocycles. The maximum Gasteiger partial charge on any atom is 0.255 e. The molecule has 0 fully saturated rings. The van der Waals surface area contributed by atoms with Crippen LogP contribution in [0, 0.1) is 0 Å². The molecule has 0 aliphatic heterocycles. The van der Waals surface area contributed by atoms with Gasteiger partial charge < -0.3 is 10.1 Å². The molecule has 0 radical (unpaired) electrons. The van der Waals surface area contributed by atoms with Crippen LogP contribution in [0.4, 0.5) is 10.1 Å². The normalized spacial score (nSPS) is 10.3. The van der Waals surface area contributed by atoms with Crippen molar-refractivity contribution in [1.29, 1.82) is 0 Å². The first-order valence-corrected chi connectivity index (χ1v) is 7.84. The second-order valence-electron chi connectivity index (χ2n) is 5.42. The zero-order valence-electron chi connectivity index (χ0n) is 13.5. The Hall–Kier alpha value is -3.21. The van der Waals surface area contributed by atoms with Crippen molar-refractivity contribution < 1.29 is 13.9 Å². The van der Waals surface area contributed by atoms with Gasteiger partial charge in [-0.2, -0.15) is 0 Å². The summed E-state index contributed by atoms with van der Waals surface area (Å²) in [6.07, 6.45) is 1.59. The lowest BCUT2D eigenvalue weighted by atomic mass is 10.1. The number of halogens is 1. The number of amides is 1. The Labute approximate surface area is 145 Å². The van der Waals surface area contributed by atoms with E-state index in [2.05, 4.69) is 10.3 Å². The molecule has 0 atom stereocenters. The summed E-state index contributed by atoms with van der Waals surface area (Å²) >= 11 is 0. The zero-order chi connectivity index (χ0) is 17.5. The highest BCUT2D eigenvalue weighted by Crippen LogP contribution is 2.22. The minimum Gasteiger partial charge on any atom is -0.471 e. The first-order chi connectivity index (χ1) is 12.3. The van der Waals surface area contributed by atoms with E-state index in [1.165, 1.54) is 0 Å². The predicted molar refractivity (Wildman–Crippen MR) is 94.2 cm³/mol. The van der Waals surface area contributed by atoms with Crippen molar-refractivity contribution in [3.05, 3.63) is 89.6 Å². The summed E-state index contributed by atoms with van der Waals surface area (Å²) in [6, 6.07) is 19.4. The molecule has 0 saturated carbocycles. The Morgan fingerprint density at radius 1 is 1.00 bits per heavy atom. The van der Waals surface area contributed by atoms with Crippen molar-refractivity contribution in [2.45, 2.75) is 13.3 Å². The molecule has 0 bridgehead atoms. The number of ether oxygens (including phenoxy) is 1. The van der Waals surface area contributed by atoms with Crippen LogP contribution < -0.4 is 10.1 Å². The van der Waals surface area contributed by atoms with Crippen LogP contribution in [0.15, 0.2) is 72.9 Å². The fourth-order valence-electron chi connectivity index (χ4n) is 2.34. The minimum atomic E-state index is -0.518. The molecule has 0 spiro atoms. The molecule has 1 N–H and O–H groups in total. The van der Waals surface area contributed by atoms with Crippen LogP contribution in [0.1, 0.15) is 21.5 Å². The van der Waals surface area contributed by atoms with Crippen molar-refractivity contribution in [2.75, 3.05) is 5.32 Å². The number of anilines is 1. The number of alkyl halides is 1. The number of carbonyl (C=O) groups is 1. The molecule has 0 aliphatic rings. The number of hydrogen-bond acceptors (Lipinski definition) is 3. The predicted octanol–water partition coefficient (Wildman–Crippen LogP) is 4.38. The fourth-order valence-corrected chi connectivity index (χ4v) is 2.34. The summed E-state index contributed by atoms with van der Waals surface area (Å²) in [5.41, 5.74) is 2.46. The molecular formula is C20H17FN2O2. The van der Waals surface area contributed by atoms with Gasteiger partial charge in [-0.05, 0) is 41.5 Å². The number of carbonyl (C=O) groups excluding carboxylic acids is 1. The molecule has 3 rings (SSSR count). The van der Waals surface area contributed by atoms with Crippen LogP contribution in [0.2, 0.25) is 0 Å². The third kappa shape index (κ3) is 4.41.